The van der Waals surface area contributed by atoms with Crippen LogP contribution in [0, 0.1) is 16.2 Å². The minimum absolute atomic E-state index is 0.0131. The fraction of sp³-hybridized carbons (Fsp3) is 0.413. The van der Waals surface area contributed by atoms with E-state index in [0.717, 1.165) is 18.2 Å². The molecule has 1 unspecified atom stereocenters. The van der Waals surface area contributed by atoms with Crippen molar-refractivity contribution in [1.29, 1.82) is 0 Å². The number of fused-ring (bicyclic) bond motifs is 4. The van der Waals surface area contributed by atoms with Crippen LogP contribution in [0.15, 0.2) is 39.0 Å². The number of thioether (sulfide) groups is 1. The quantitative estimate of drug-likeness (QED) is 0.0532. The van der Waals surface area contributed by atoms with Gasteiger partial charge in [0.1, 0.15) is 9.79 Å². The summed E-state index contributed by atoms with van der Waals surface area (Å²) in [4.78, 5) is 38.9. The van der Waals surface area contributed by atoms with Gasteiger partial charge in [-0.15, -0.1) is 11.8 Å². The monoisotopic (exact) mass is 977 g/mol. The molecule has 0 spiro atoms. The fourth-order valence-electron chi connectivity index (χ4n) is 8.88. The van der Waals surface area contributed by atoms with Gasteiger partial charge in [-0.05, 0) is 72.1 Å². The van der Waals surface area contributed by atoms with Crippen LogP contribution < -0.4 is 20.5 Å². The number of rotatable bonds is 12. The molecule has 1 atom stereocenters. The summed E-state index contributed by atoms with van der Waals surface area (Å²) in [5.74, 6) is -1.94. The second-order valence-corrected chi connectivity index (χ2v) is 23.5. The van der Waals surface area contributed by atoms with Crippen molar-refractivity contribution in [3.63, 3.8) is 0 Å². The molecule has 3 N–H and O–H groups in total. The minimum atomic E-state index is -5.20. The van der Waals surface area contributed by atoms with Crippen molar-refractivity contribution >= 4 is 108 Å². The summed E-state index contributed by atoms with van der Waals surface area (Å²) in [6.07, 6.45) is 7.92. The Kier molecular flexibility index (Phi) is 13.3. The lowest BCUT2D eigenvalue weighted by atomic mass is 9.75. The third-order valence-corrected chi connectivity index (χ3v) is 15.8. The molecule has 0 fully saturated rings. The van der Waals surface area contributed by atoms with Crippen LogP contribution in [0.25, 0.3) is 22.8 Å². The molecular formula is C46H50Cl3NO10S3. The average molecular weight is 979 g/mol. The molecule has 3 aromatic carbocycles. The van der Waals surface area contributed by atoms with Gasteiger partial charge >= 0.3 is 0 Å². The van der Waals surface area contributed by atoms with E-state index >= 15 is 0 Å². The minimum Gasteiger partial charge on any atom is -0.453 e. The fourth-order valence-corrected chi connectivity index (χ4v) is 12.6. The highest BCUT2D eigenvalue weighted by Crippen LogP contribution is 2.53. The van der Waals surface area contributed by atoms with E-state index in [2.05, 4.69) is 5.32 Å². The number of nitrogens with one attached hydrogen (secondary N) is 1. The number of benzene rings is 3. The third-order valence-electron chi connectivity index (χ3n) is 11.3. The lowest BCUT2D eigenvalue weighted by molar-refractivity contribution is -0.131. The molecule has 17 heteroatoms. The molecule has 1 aliphatic heterocycles. The number of hydrogen-bond donors (Lipinski definition) is 3. The van der Waals surface area contributed by atoms with Crippen molar-refractivity contribution in [1.82, 2.24) is 5.32 Å². The Hall–Kier alpha value is -3.47. The second-order valence-electron chi connectivity index (χ2n) is 18.7. The first-order valence-corrected chi connectivity index (χ1v) is 25.2. The number of allylic oxidation sites excluding steroid dienone is 4. The van der Waals surface area contributed by atoms with Crippen LogP contribution in [0.5, 0.6) is 11.5 Å². The summed E-state index contributed by atoms with van der Waals surface area (Å²) >= 11 is 22.0. The number of amides is 1. The molecule has 11 nitrogen and oxygen atoms in total. The van der Waals surface area contributed by atoms with Crippen LogP contribution in [0.4, 0.5) is 0 Å². The number of halogens is 3. The maximum Gasteiger partial charge on any atom is 0.298 e. The second kappa shape index (κ2) is 17.1. The number of Topliss-reactive ketones (excluding diaryl/α,β-unsaturated/α-hetero) is 1. The Morgan fingerprint density at radius 1 is 0.889 bits per heavy atom. The number of aldehydes is 1. The number of carbonyl (C=O) groups excluding carboxylic acids is 3. The molecular weight excluding hydrogens is 929 g/mol. The molecule has 0 aromatic heterocycles. The zero-order chi connectivity index (χ0) is 47.1. The van der Waals surface area contributed by atoms with Crippen LogP contribution in [-0.2, 0) is 36.2 Å². The van der Waals surface area contributed by atoms with Crippen molar-refractivity contribution < 1.29 is 45.1 Å². The van der Waals surface area contributed by atoms with Crippen molar-refractivity contribution in [3.8, 4) is 11.5 Å². The topological polar surface area (TPSA) is 181 Å². The summed E-state index contributed by atoms with van der Waals surface area (Å²) in [6.45, 7) is 18.3. The van der Waals surface area contributed by atoms with Crippen molar-refractivity contribution in [3.05, 3.63) is 83.2 Å². The standard InChI is InChI=1S/C46H50Cl3NO10S3/c1-11-12-13-31(43(53)44(4,5)6)50-32(52)21-61-40-36(48)34(30(20-51)35(47)37(40)49)33-26-14-24-22(2)16-45(7,8)18-28(24)41(62(54,55)56)38(26)60-39-27(33)15-25-23(3)17-46(9,10)19-29(25)42(39)63(57,58)59/h14-18,20,31H,11-13,19,21H2,1-10H3,(H,50,52)(H,54,55,56)(H,57,58,59). The van der Waals surface area contributed by atoms with E-state index in [4.69, 9.17) is 39.5 Å². The van der Waals surface area contributed by atoms with Gasteiger partial charge in [0.15, 0.2) is 23.6 Å². The molecule has 63 heavy (non-hydrogen) atoms. The van der Waals surface area contributed by atoms with Crippen molar-refractivity contribution in [2.45, 2.75) is 116 Å². The average Bonchev–Trinajstić information content (AvgIpc) is 3.13. The van der Waals surface area contributed by atoms with Crippen molar-refractivity contribution in [2.24, 2.45) is 16.2 Å². The highest BCUT2D eigenvalue weighted by Gasteiger charge is 2.41. The number of ether oxygens (including phenoxy) is 1. The van der Waals surface area contributed by atoms with Gasteiger partial charge in [-0.3, -0.25) is 23.5 Å². The molecule has 1 heterocycles. The van der Waals surface area contributed by atoms with Crippen LogP contribution in [-0.4, -0.2) is 55.7 Å². The largest absolute Gasteiger partial charge is 0.453 e. The maximum atomic E-state index is 13.7. The van der Waals surface area contributed by atoms with Gasteiger partial charge in [-0.1, -0.05) is 121 Å². The number of ketones is 1. The van der Waals surface area contributed by atoms with E-state index < -0.39 is 69.7 Å². The van der Waals surface area contributed by atoms with Gasteiger partial charge in [0, 0.05) is 48.4 Å². The number of hydrogen-bond acceptors (Lipinski definition) is 9. The van der Waals surface area contributed by atoms with Gasteiger partial charge in [-0.2, -0.15) is 16.8 Å². The van der Waals surface area contributed by atoms with E-state index in [9.17, 15) is 40.3 Å². The van der Waals surface area contributed by atoms with Crippen LogP contribution in [0.3, 0.4) is 0 Å². The molecule has 6 rings (SSSR count). The Labute approximate surface area is 387 Å². The Balaban J connectivity index is 1.75. The molecule has 3 aromatic rings. The van der Waals surface area contributed by atoms with Crippen LogP contribution in [0.2, 0.25) is 15.1 Å². The molecule has 1 amide bonds. The highest BCUT2D eigenvalue weighted by atomic mass is 35.5. The summed E-state index contributed by atoms with van der Waals surface area (Å²) in [6, 6.07) is 2.46. The smallest absolute Gasteiger partial charge is 0.298 e. The zero-order valence-electron chi connectivity index (χ0n) is 36.6. The predicted molar refractivity (Wildman–Crippen MR) is 250 cm³/mol. The van der Waals surface area contributed by atoms with E-state index in [1.165, 1.54) is 0 Å². The first kappa shape index (κ1) is 49.0. The molecule has 0 saturated heterocycles. The third kappa shape index (κ3) is 9.34. The van der Waals surface area contributed by atoms with Gasteiger partial charge in [0.05, 0.1) is 26.9 Å². The summed E-state index contributed by atoms with van der Waals surface area (Å²) < 4.78 is 83.3. The van der Waals surface area contributed by atoms with Gasteiger partial charge in [0.2, 0.25) is 5.91 Å². The molecule has 3 aliphatic rings. The molecule has 338 valence electrons. The predicted octanol–water partition coefficient (Wildman–Crippen LogP) is 9.90. The molecule has 0 radical (unpaired) electrons. The highest BCUT2D eigenvalue weighted by molar-refractivity contribution is 8.00. The first-order chi connectivity index (χ1) is 28.9. The zero-order valence-corrected chi connectivity index (χ0v) is 41.3. The van der Waals surface area contributed by atoms with E-state index in [1.807, 2.05) is 46.8 Å². The SMILES string of the molecule is CCCCC(NC(=O)CSc1c(Cl)c(Cl)c(C=O)c(C2=c3cc4c(c(S(=O)(=O)O)c3Oc3c2cc2c(c3S(=O)(=O)O)CC(C)(C)C=C2C)=CC(C)(C)C=C4C)c1Cl)C(=O)C(C)(C)C. The lowest BCUT2D eigenvalue weighted by Crippen LogP contribution is -2.46. The van der Waals surface area contributed by atoms with Crippen molar-refractivity contribution in [2.75, 3.05) is 5.75 Å². The van der Waals surface area contributed by atoms with E-state index in [0.29, 0.717) is 41.4 Å². The van der Waals surface area contributed by atoms with E-state index in [1.54, 1.807) is 52.8 Å². The van der Waals surface area contributed by atoms with Gasteiger partial charge in [-0.25, -0.2) is 0 Å². The molecule has 0 saturated carbocycles. The first-order valence-electron chi connectivity index (χ1n) is 20.2. The summed E-state index contributed by atoms with van der Waals surface area (Å²) in [7, 11) is -10.4. The Morgan fingerprint density at radius 2 is 1.51 bits per heavy atom. The van der Waals surface area contributed by atoms with Gasteiger partial charge in [0.25, 0.3) is 20.2 Å². The molecule has 2 aliphatic carbocycles. The van der Waals surface area contributed by atoms with Gasteiger partial charge < -0.3 is 10.1 Å². The van der Waals surface area contributed by atoms with Crippen LogP contribution in [0.1, 0.15) is 127 Å². The maximum absolute atomic E-state index is 13.7. The van der Waals surface area contributed by atoms with E-state index in [-0.39, 0.29) is 76.2 Å². The summed E-state index contributed by atoms with van der Waals surface area (Å²) in [5, 5.41) is 2.22. The Bertz CT molecular complexity index is 2960. The van der Waals surface area contributed by atoms with Crippen LogP contribution >= 0.6 is 46.6 Å². The molecule has 0 bridgehead atoms. The summed E-state index contributed by atoms with van der Waals surface area (Å²) in [5.41, 5.74) is -0.228. The lowest BCUT2D eigenvalue weighted by Gasteiger charge is -2.34. The number of unbranched alkanes of at least 4 members (excludes halogenated alkanes) is 1. The normalized spacial score (nSPS) is 16.8. The number of carbonyl (C=O) groups is 3. The Morgan fingerprint density at radius 3 is 2.08 bits per heavy atom.